The van der Waals surface area contributed by atoms with E-state index in [2.05, 4.69) is 25.5 Å². The Balaban J connectivity index is 1.08. The van der Waals surface area contributed by atoms with Crippen molar-refractivity contribution in [3.8, 4) is 5.75 Å². The quantitative estimate of drug-likeness (QED) is 0.291. The lowest BCUT2D eigenvalue weighted by Crippen LogP contribution is -2.51. The van der Waals surface area contributed by atoms with E-state index in [4.69, 9.17) is 9.47 Å². The summed E-state index contributed by atoms with van der Waals surface area (Å²) >= 11 is 0. The number of carbonyl (C=O) groups is 3. The Hall–Kier alpha value is -5.23. The molecule has 3 aliphatic rings. The van der Waals surface area contributed by atoms with Gasteiger partial charge in [0.1, 0.15) is 11.4 Å². The predicted octanol–water partition coefficient (Wildman–Crippen LogP) is 5.08. The molecule has 0 saturated carbocycles. The van der Waals surface area contributed by atoms with Crippen molar-refractivity contribution in [1.82, 2.24) is 19.4 Å². The minimum Gasteiger partial charge on any atom is -0.452 e. The van der Waals surface area contributed by atoms with Gasteiger partial charge in [-0.1, -0.05) is 0 Å². The summed E-state index contributed by atoms with van der Waals surface area (Å²) in [7, 11) is 1.93. The summed E-state index contributed by atoms with van der Waals surface area (Å²) < 4.78 is 13.8. The number of hydrogen-bond donors (Lipinski definition) is 2. The molecular formula is C35H37N7O5. The molecule has 0 spiro atoms. The van der Waals surface area contributed by atoms with E-state index in [0.29, 0.717) is 35.8 Å². The number of piperidine rings is 1. The van der Waals surface area contributed by atoms with Crippen LogP contribution < -0.4 is 20.3 Å². The van der Waals surface area contributed by atoms with Crippen molar-refractivity contribution in [1.29, 1.82) is 0 Å². The van der Waals surface area contributed by atoms with Crippen LogP contribution in [0.15, 0.2) is 66.9 Å². The van der Waals surface area contributed by atoms with E-state index in [9.17, 15) is 14.4 Å². The maximum atomic E-state index is 13.5. The van der Waals surface area contributed by atoms with Crippen LogP contribution in [-0.2, 0) is 16.6 Å². The molecule has 2 N–H and O–H groups in total. The molecule has 3 aliphatic heterocycles. The van der Waals surface area contributed by atoms with Crippen LogP contribution in [-0.4, -0.2) is 75.5 Å². The molecule has 2 atom stereocenters. The fourth-order valence-electron chi connectivity index (χ4n) is 6.81. The van der Waals surface area contributed by atoms with Crippen molar-refractivity contribution in [2.75, 3.05) is 41.7 Å². The third-order valence-electron chi connectivity index (χ3n) is 8.91. The van der Waals surface area contributed by atoms with Gasteiger partial charge in [0.05, 0.1) is 29.7 Å². The van der Waals surface area contributed by atoms with Crippen LogP contribution in [0.1, 0.15) is 42.6 Å². The van der Waals surface area contributed by atoms with Crippen molar-refractivity contribution in [2.24, 2.45) is 13.0 Å². The maximum Gasteiger partial charge on any atom is 0.323 e. The summed E-state index contributed by atoms with van der Waals surface area (Å²) in [6.45, 7) is 6.79. The number of morpholine rings is 1. The monoisotopic (exact) mass is 635 g/mol. The zero-order valence-corrected chi connectivity index (χ0v) is 26.6. The minimum absolute atomic E-state index is 0.0118. The zero-order chi connectivity index (χ0) is 32.7. The fraction of sp³-hybridized carbons (Fsp3) is 0.343. The van der Waals surface area contributed by atoms with Crippen molar-refractivity contribution in [2.45, 2.75) is 38.9 Å². The van der Waals surface area contributed by atoms with Gasteiger partial charge in [-0.2, -0.15) is 0 Å². The van der Waals surface area contributed by atoms with Gasteiger partial charge in [0.2, 0.25) is 11.7 Å². The average Bonchev–Trinajstić information content (AvgIpc) is 3.55. The highest BCUT2D eigenvalue weighted by molar-refractivity contribution is 6.16. The molecule has 0 radical (unpaired) electrons. The number of Topliss-reactive ketones (excluding diaryl/α,β-unsaturated/α-hetero) is 1. The molecule has 242 valence electrons. The summed E-state index contributed by atoms with van der Waals surface area (Å²) in [4.78, 5) is 52.3. The molecule has 1 aromatic carbocycles. The molecule has 12 heteroatoms. The number of amides is 3. The number of allylic oxidation sites excluding steroid dienone is 1. The summed E-state index contributed by atoms with van der Waals surface area (Å²) in [5.74, 6) is 0.555. The van der Waals surface area contributed by atoms with Crippen LogP contribution in [0, 0.1) is 5.92 Å². The molecule has 2 fully saturated rings. The summed E-state index contributed by atoms with van der Waals surface area (Å²) in [5.41, 5.74) is 3.98. The van der Waals surface area contributed by atoms with Gasteiger partial charge >= 0.3 is 6.03 Å². The number of rotatable bonds is 5. The average molecular weight is 636 g/mol. The molecule has 6 heterocycles. The number of pyridine rings is 2. The molecule has 12 nitrogen and oxygen atoms in total. The smallest absolute Gasteiger partial charge is 0.323 e. The SMILES string of the molecule is CC1CN(C(=O)C2CCN(c3ccnc4c3c(C=C3Oc5ccc(NC(=O)Nc6cccnc6)cc5C3=O)cn4C)CC2)CC(C)O1. The van der Waals surface area contributed by atoms with Gasteiger partial charge in [-0.05, 0) is 69.2 Å². The number of benzene rings is 1. The second-order valence-corrected chi connectivity index (χ2v) is 12.5. The van der Waals surface area contributed by atoms with Crippen molar-refractivity contribution in [3.63, 3.8) is 0 Å². The number of nitrogens with zero attached hydrogens (tertiary/aromatic N) is 5. The lowest BCUT2D eigenvalue weighted by molar-refractivity contribution is -0.148. The number of fused-ring (bicyclic) bond motifs is 2. The number of anilines is 3. The molecule has 3 aromatic heterocycles. The Morgan fingerprint density at radius 1 is 1.00 bits per heavy atom. The van der Waals surface area contributed by atoms with Crippen LogP contribution >= 0.6 is 0 Å². The highest BCUT2D eigenvalue weighted by atomic mass is 16.5. The number of urea groups is 1. The van der Waals surface area contributed by atoms with E-state index in [0.717, 1.165) is 48.2 Å². The van der Waals surface area contributed by atoms with Crippen molar-refractivity contribution >= 4 is 51.9 Å². The molecule has 47 heavy (non-hydrogen) atoms. The lowest BCUT2D eigenvalue weighted by atomic mass is 9.94. The third kappa shape index (κ3) is 6.16. The highest BCUT2D eigenvalue weighted by Gasteiger charge is 2.34. The van der Waals surface area contributed by atoms with Crippen molar-refractivity contribution in [3.05, 3.63) is 78.1 Å². The molecule has 0 aliphatic carbocycles. The fourth-order valence-corrected chi connectivity index (χ4v) is 6.81. The number of carbonyl (C=O) groups excluding carboxylic acids is 3. The predicted molar refractivity (Wildman–Crippen MR) is 178 cm³/mol. The second kappa shape index (κ2) is 12.5. The third-order valence-corrected chi connectivity index (χ3v) is 8.91. The number of aromatic nitrogens is 3. The van der Waals surface area contributed by atoms with Gasteiger partial charge in [-0.25, -0.2) is 9.78 Å². The van der Waals surface area contributed by atoms with E-state index >= 15 is 0 Å². The van der Waals surface area contributed by atoms with Crippen LogP contribution in [0.25, 0.3) is 17.1 Å². The number of nitrogens with one attached hydrogen (secondary N) is 2. The Bertz CT molecular complexity index is 1870. The first kappa shape index (κ1) is 30.4. The minimum atomic E-state index is -0.449. The number of ether oxygens (including phenoxy) is 2. The molecule has 2 saturated heterocycles. The van der Waals surface area contributed by atoms with Crippen LogP contribution in [0.4, 0.5) is 21.9 Å². The van der Waals surface area contributed by atoms with Gasteiger partial charge < -0.3 is 34.5 Å². The van der Waals surface area contributed by atoms with Crippen LogP contribution in [0.5, 0.6) is 5.75 Å². The van der Waals surface area contributed by atoms with E-state index < -0.39 is 6.03 Å². The van der Waals surface area contributed by atoms with E-state index in [-0.39, 0.29) is 35.6 Å². The van der Waals surface area contributed by atoms with Gasteiger partial charge in [0, 0.05) is 80.1 Å². The molecule has 7 rings (SSSR count). The first-order chi connectivity index (χ1) is 22.7. The van der Waals surface area contributed by atoms with Crippen molar-refractivity contribution < 1.29 is 23.9 Å². The van der Waals surface area contributed by atoms with E-state index in [1.165, 1.54) is 0 Å². The molecule has 0 bridgehead atoms. The Morgan fingerprint density at radius 3 is 2.51 bits per heavy atom. The second-order valence-electron chi connectivity index (χ2n) is 12.5. The number of hydrogen-bond acceptors (Lipinski definition) is 8. The topological polar surface area (TPSA) is 131 Å². The summed E-state index contributed by atoms with van der Waals surface area (Å²) in [6.07, 6.45) is 10.3. The molecule has 3 amide bonds. The standard InChI is InChI=1S/C35H37N7O5/c1-21-18-42(19-22(2)46-21)34(44)23-9-13-41(14-10-23)28-8-12-37-33-31(28)24(20-40(33)3)15-30-32(43)27-16-25(6-7-29(27)47-30)38-35(45)39-26-5-4-11-36-17-26/h4-8,11-12,15-17,20-23H,9-10,13-14,18-19H2,1-3H3,(H2,38,39,45). The molecule has 2 unspecified atom stereocenters. The number of aryl methyl sites for hydroxylation is 1. The Morgan fingerprint density at radius 2 is 1.77 bits per heavy atom. The molecule has 4 aromatic rings. The van der Waals surface area contributed by atoms with Crippen LogP contribution in [0.3, 0.4) is 0 Å². The van der Waals surface area contributed by atoms with Gasteiger partial charge in [0.25, 0.3) is 0 Å². The first-order valence-corrected chi connectivity index (χ1v) is 15.9. The van der Waals surface area contributed by atoms with Gasteiger partial charge in [-0.3, -0.25) is 14.6 Å². The van der Waals surface area contributed by atoms with Gasteiger partial charge in [0.15, 0.2) is 5.76 Å². The first-order valence-electron chi connectivity index (χ1n) is 15.9. The normalized spacial score (nSPS) is 20.7. The largest absolute Gasteiger partial charge is 0.452 e. The Labute approximate surface area is 272 Å². The summed E-state index contributed by atoms with van der Waals surface area (Å²) in [5, 5.41) is 6.39. The van der Waals surface area contributed by atoms with Gasteiger partial charge in [-0.15, -0.1) is 0 Å². The zero-order valence-electron chi connectivity index (χ0n) is 26.6. The lowest BCUT2D eigenvalue weighted by Gasteiger charge is -2.39. The molecular weight excluding hydrogens is 598 g/mol. The number of ketones is 1. The van der Waals surface area contributed by atoms with E-state index in [1.54, 1.807) is 55.0 Å². The Kier molecular flexibility index (Phi) is 8.10. The highest BCUT2D eigenvalue weighted by Crippen LogP contribution is 2.37. The van der Waals surface area contributed by atoms with E-state index in [1.807, 2.05) is 42.6 Å². The van der Waals surface area contributed by atoms with Crippen LogP contribution in [0.2, 0.25) is 0 Å². The maximum absolute atomic E-state index is 13.5. The summed E-state index contributed by atoms with van der Waals surface area (Å²) in [6, 6.07) is 9.98.